The van der Waals surface area contributed by atoms with Crippen LogP contribution < -0.4 is 5.32 Å². The molecule has 1 aliphatic rings. The summed E-state index contributed by atoms with van der Waals surface area (Å²) in [5.41, 5.74) is 5.92. The molecule has 4 rings (SSSR count). The summed E-state index contributed by atoms with van der Waals surface area (Å²) in [4.78, 5) is 31.9. The van der Waals surface area contributed by atoms with Crippen molar-refractivity contribution in [3.8, 4) is 0 Å². The SMILES string of the molecule is CCc1cc(C(=O)NCc2c(C)ncc3c2CCN(C(=O)Cc2ccc(F)cc2Cl)C3)n(C)n1. The highest BCUT2D eigenvalue weighted by atomic mass is 35.5. The van der Waals surface area contributed by atoms with Crippen LogP contribution in [-0.2, 0) is 44.2 Å². The number of fused-ring (bicyclic) bond motifs is 1. The Kier molecular flexibility index (Phi) is 6.97. The van der Waals surface area contributed by atoms with Gasteiger partial charge in [0.1, 0.15) is 11.5 Å². The zero-order chi connectivity index (χ0) is 24.4. The number of halogens is 2. The Morgan fingerprint density at radius 1 is 1.26 bits per heavy atom. The van der Waals surface area contributed by atoms with Crippen molar-refractivity contribution in [1.29, 1.82) is 0 Å². The smallest absolute Gasteiger partial charge is 0.269 e. The first kappa shape index (κ1) is 23.9. The molecule has 0 fully saturated rings. The number of hydrogen-bond acceptors (Lipinski definition) is 4. The van der Waals surface area contributed by atoms with Gasteiger partial charge >= 0.3 is 0 Å². The predicted molar refractivity (Wildman–Crippen MR) is 127 cm³/mol. The van der Waals surface area contributed by atoms with Gasteiger partial charge in [-0.05, 0) is 60.2 Å². The summed E-state index contributed by atoms with van der Waals surface area (Å²) in [5.74, 6) is -0.684. The third kappa shape index (κ3) is 4.97. The van der Waals surface area contributed by atoms with Crippen LogP contribution in [0.2, 0.25) is 5.02 Å². The Bertz CT molecular complexity index is 1260. The molecule has 0 bridgehead atoms. The number of aryl methyl sites for hydroxylation is 3. The van der Waals surface area contributed by atoms with Gasteiger partial charge in [-0.1, -0.05) is 24.6 Å². The van der Waals surface area contributed by atoms with E-state index in [-0.39, 0.29) is 23.3 Å². The zero-order valence-electron chi connectivity index (χ0n) is 19.5. The molecule has 1 aliphatic heterocycles. The molecule has 0 radical (unpaired) electrons. The van der Waals surface area contributed by atoms with Gasteiger partial charge in [-0.25, -0.2) is 4.39 Å². The normalized spacial score (nSPS) is 13.0. The van der Waals surface area contributed by atoms with E-state index in [0.29, 0.717) is 37.3 Å². The molecule has 1 N–H and O–H groups in total. The van der Waals surface area contributed by atoms with E-state index >= 15 is 0 Å². The molecule has 3 aromatic rings. The number of carbonyl (C=O) groups excluding carboxylic acids is 2. The Labute approximate surface area is 202 Å². The standard InChI is InChI=1S/C25H27ClFN5O2/c1-4-19-11-23(31(3)30-19)25(34)29-13-21-15(2)28-12-17-14-32(8-7-20(17)21)24(33)9-16-5-6-18(27)10-22(16)26/h5-6,10-12H,4,7-9,13-14H2,1-3H3,(H,29,34). The number of amides is 2. The minimum Gasteiger partial charge on any atom is -0.347 e. The monoisotopic (exact) mass is 483 g/mol. The first-order chi connectivity index (χ1) is 16.3. The van der Waals surface area contributed by atoms with Crippen LogP contribution in [-0.4, -0.2) is 38.0 Å². The van der Waals surface area contributed by atoms with Crippen LogP contribution >= 0.6 is 11.6 Å². The van der Waals surface area contributed by atoms with Gasteiger partial charge in [0.2, 0.25) is 5.91 Å². The number of carbonyl (C=O) groups is 2. The van der Waals surface area contributed by atoms with Crippen LogP contribution in [0.3, 0.4) is 0 Å². The molecule has 7 nitrogen and oxygen atoms in total. The largest absolute Gasteiger partial charge is 0.347 e. The maximum absolute atomic E-state index is 13.3. The first-order valence-corrected chi connectivity index (χ1v) is 11.6. The molecular formula is C25H27ClFN5O2. The van der Waals surface area contributed by atoms with Crippen LogP contribution in [0.25, 0.3) is 0 Å². The molecule has 0 atom stereocenters. The van der Waals surface area contributed by atoms with E-state index in [2.05, 4.69) is 15.4 Å². The van der Waals surface area contributed by atoms with Gasteiger partial charge in [-0.3, -0.25) is 19.3 Å². The van der Waals surface area contributed by atoms with Crippen molar-refractivity contribution in [1.82, 2.24) is 25.0 Å². The molecule has 34 heavy (non-hydrogen) atoms. The van der Waals surface area contributed by atoms with Crippen molar-refractivity contribution in [2.24, 2.45) is 7.05 Å². The average Bonchev–Trinajstić information content (AvgIpc) is 3.20. The van der Waals surface area contributed by atoms with Gasteiger partial charge in [0.25, 0.3) is 5.91 Å². The average molecular weight is 484 g/mol. The highest BCUT2D eigenvalue weighted by Crippen LogP contribution is 2.25. The molecule has 0 aliphatic carbocycles. The van der Waals surface area contributed by atoms with Crippen molar-refractivity contribution < 1.29 is 14.0 Å². The van der Waals surface area contributed by atoms with E-state index in [1.165, 1.54) is 12.1 Å². The number of nitrogens with one attached hydrogen (secondary N) is 1. The van der Waals surface area contributed by atoms with E-state index in [1.807, 2.05) is 13.8 Å². The van der Waals surface area contributed by atoms with E-state index in [9.17, 15) is 14.0 Å². The van der Waals surface area contributed by atoms with Crippen LogP contribution in [0.4, 0.5) is 4.39 Å². The maximum atomic E-state index is 13.3. The lowest BCUT2D eigenvalue weighted by atomic mass is 9.94. The summed E-state index contributed by atoms with van der Waals surface area (Å²) >= 11 is 6.10. The Morgan fingerprint density at radius 3 is 2.76 bits per heavy atom. The number of aromatic nitrogens is 3. The summed E-state index contributed by atoms with van der Waals surface area (Å²) in [6.45, 7) is 5.26. The highest BCUT2D eigenvalue weighted by Gasteiger charge is 2.25. The summed E-state index contributed by atoms with van der Waals surface area (Å²) in [6.07, 6.45) is 3.34. The molecule has 0 saturated carbocycles. The Morgan fingerprint density at radius 2 is 2.06 bits per heavy atom. The van der Waals surface area contributed by atoms with Crippen molar-refractivity contribution >= 4 is 23.4 Å². The van der Waals surface area contributed by atoms with E-state index < -0.39 is 5.82 Å². The molecule has 0 saturated heterocycles. The first-order valence-electron chi connectivity index (χ1n) is 11.3. The third-order valence-electron chi connectivity index (χ3n) is 6.26. The fourth-order valence-electron chi connectivity index (χ4n) is 4.28. The Hall–Kier alpha value is -3.26. The van der Waals surface area contributed by atoms with E-state index in [0.717, 1.165) is 34.5 Å². The highest BCUT2D eigenvalue weighted by molar-refractivity contribution is 6.31. The topological polar surface area (TPSA) is 80.1 Å². The second-order valence-electron chi connectivity index (χ2n) is 8.48. The molecule has 9 heteroatoms. The molecule has 0 unspecified atom stereocenters. The second kappa shape index (κ2) is 9.93. The lowest BCUT2D eigenvalue weighted by Gasteiger charge is -2.30. The van der Waals surface area contributed by atoms with Crippen LogP contribution in [0.1, 0.15) is 51.1 Å². The molecule has 1 aromatic carbocycles. The van der Waals surface area contributed by atoms with Crippen molar-refractivity contribution in [3.05, 3.63) is 80.6 Å². The molecular weight excluding hydrogens is 457 g/mol. The zero-order valence-corrected chi connectivity index (χ0v) is 20.2. The number of nitrogens with zero attached hydrogens (tertiary/aromatic N) is 4. The summed E-state index contributed by atoms with van der Waals surface area (Å²) in [6, 6.07) is 5.88. The predicted octanol–water partition coefficient (Wildman–Crippen LogP) is 3.54. The Balaban J connectivity index is 1.46. The van der Waals surface area contributed by atoms with Gasteiger partial charge in [0, 0.05) is 43.6 Å². The van der Waals surface area contributed by atoms with Gasteiger partial charge < -0.3 is 10.2 Å². The lowest BCUT2D eigenvalue weighted by molar-refractivity contribution is -0.131. The van der Waals surface area contributed by atoms with Gasteiger partial charge in [-0.15, -0.1) is 0 Å². The quantitative estimate of drug-likeness (QED) is 0.581. The van der Waals surface area contributed by atoms with Crippen LogP contribution in [0.5, 0.6) is 0 Å². The minimum absolute atomic E-state index is 0.0717. The maximum Gasteiger partial charge on any atom is 0.269 e. The number of hydrogen-bond donors (Lipinski definition) is 1. The van der Waals surface area contributed by atoms with Crippen molar-refractivity contribution in [3.63, 3.8) is 0 Å². The molecule has 2 aromatic heterocycles. The second-order valence-corrected chi connectivity index (χ2v) is 8.89. The van der Waals surface area contributed by atoms with Crippen molar-refractivity contribution in [2.45, 2.75) is 46.2 Å². The molecule has 2 amide bonds. The van der Waals surface area contributed by atoms with Crippen LogP contribution in [0.15, 0.2) is 30.5 Å². The minimum atomic E-state index is -0.427. The molecule has 0 spiro atoms. The number of benzene rings is 1. The fourth-order valence-corrected chi connectivity index (χ4v) is 4.51. The summed E-state index contributed by atoms with van der Waals surface area (Å²) in [7, 11) is 1.76. The van der Waals surface area contributed by atoms with Gasteiger partial charge in [0.05, 0.1) is 12.1 Å². The third-order valence-corrected chi connectivity index (χ3v) is 6.61. The number of pyridine rings is 1. The summed E-state index contributed by atoms with van der Waals surface area (Å²) in [5, 5.41) is 7.58. The molecule has 178 valence electrons. The van der Waals surface area contributed by atoms with Crippen molar-refractivity contribution in [2.75, 3.05) is 6.54 Å². The van der Waals surface area contributed by atoms with E-state index in [1.54, 1.807) is 35.0 Å². The van der Waals surface area contributed by atoms with E-state index in [4.69, 9.17) is 11.6 Å². The molecule has 3 heterocycles. The van der Waals surface area contributed by atoms with Crippen LogP contribution in [0, 0.1) is 12.7 Å². The fraction of sp³-hybridized carbons (Fsp3) is 0.360. The number of rotatable bonds is 6. The van der Waals surface area contributed by atoms with Gasteiger partial charge in [-0.2, -0.15) is 5.10 Å². The lowest BCUT2D eigenvalue weighted by Crippen LogP contribution is -2.38. The summed E-state index contributed by atoms with van der Waals surface area (Å²) < 4.78 is 14.9. The van der Waals surface area contributed by atoms with Gasteiger partial charge in [0.15, 0.2) is 0 Å².